The Labute approximate surface area is 141 Å². The van der Waals surface area contributed by atoms with E-state index in [9.17, 15) is 9.59 Å². The van der Waals surface area contributed by atoms with Crippen molar-refractivity contribution in [3.63, 3.8) is 0 Å². The van der Waals surface area contributed by atoms with Crippen LogP contribution in [0.15, 0.2) is 54.6 Å². The first-order chi connectivity index (χ1) is 11.6. The van der Waals surface area contributed by atoms with E-state index in [1.54, 1.807) is 36.4 Å². The minimum Gasteiger partial charge on any atom is -0.484 e. The number of ketones is 1. The van der Waals surface area contributed by atoms with Gasteiger partial charge >= 0.3 is 0 Å². The summed E-state index contributed by atoms with van der Waals surface area (Å²) in [6, 6.07) is 15.9. The van der Waals surface area contributed by atoms with Crippen molar-refractivity contribution in [2.75, 3.05) is 13.2 Å². The zero-order valence-electron chi connectivity index (χ0n) is 13.7. The van der Waals surface area contributed by atoms with Gasteiger partial charge in [-0.1, -0.05) is 30.3 Å². The van der Waals surface area contributed by atoms with Crippen LogP contribution >= 0.6 is 0 Å². The van der Waals surface area contributed by atoms with E-state index < -0.39 is 0 Å². The minimum absolute atomic E-state index is 0.0456. The van der Waals surface area contributed by atoms with E-state index in [0.29, 0.717) is 23.4 Å². The minimum atomic E-state index is -0.194. The van der Waals surface area contributed by atoms with Crippen LogP contribution < -0.4 is 15.8 Å². The van der Waals surface area contributed by atoms with Gasteiger partial charge in [0.2, 0.25) is 0 Å². The molecule has 0 aliphatic rings. The van der Waals surface area contributed by atoms with Gasteiger partial charge in [-0.2, -0.15) is 0 Å². The summed E-state index contributed by atoms with van der Waals surface area (Å²) < 4.78 is 5.41. The maximum atomic E-state index is 12.3. The predicted molar refractivity (Wildman–Crippen MR) is 93.1 cm³/mol. The van der Waals surface area contributed by atoms with Crippen molar-refractivity contribution in [1.29, 1.82) is 0 Å². The van der Waals surface area contributed by atoms with Crippen molar-refractivity contribution in [3.05, 3.63) is 65.7 Å². The molecule has 1 atom stereocenters. The fourth-order valence-electron chi connectivity index (χ4n) is 2.10. The molecule has 0 aromatic heterocycles. The predicted octanol–water partition coefficient (Wildman–Crippen LogP) is 2.15. The number of carbonyl (C=O) groups is 2. The number of rotatable bonds is 8. The number of ether oxygens (including phenoxy) is 1. The Morgan fingerprint density at radius 1 is 1.04 bits per heavy atom. The van der Waals surface area contributed by atoms with Gasteiger partial charge < -0.3 is 15.8 Å². The zero-order chi connectivity index (χ0) is 17.4. The summed E-state index contributed by atoms with van der Waals surface area (Å²) in [7, 11) is 0. The maximum Gasteiger partial charge on any atom is 0.257 e. The lowest BCUT2D eigenvalue weighted by atomic mass is 10.0. The normalized spacial score (nSPS) is 11.6. The average molecular weight is 326 g/mol. The topological polar surface area (TPSA) is 81.4 Å². The van der Waals surface area contributed by atoms with Crippen LogP contribution in [0.4, 0.5) is 0 Å². The van der Waals surface area contributed by atoms with Gasteiger partial charge in [0.1, 0.15) is 5.75 Å². The number of nitrogens with two attached hydrogens (primary N) is 1. The number of carbonyl (C=O) groups excluding carboxylic acids is 2. The fourth-order valence-corrected chi connectivity index (χ4v) is 2.10. The van der Waals surface area contributed by atoms with Gasteiger partial charge in [-0.15, -0.1) is 0 Å². The first kappa shape index (κ1) is 17.7. The van der Waals surface area contributed by atoms with Crippen LogP contribution in [-0.2, 0) is 4.79 Å². The Hall–Kier alpha value is -2.66. The van der Waals surface area contributed by atoms with Crippen LogP contribution in [0, 0.1) is 0 Å². The molecule has 0 saturated carbocycles. The van der Waals surface area contributed by atoms with Gasteiger partial charge in [0.15, 0.2) is 12.4 Å². The Balaban J connectivity index is 1.84. The Kier molecular flexibility index (Phi) is 6.51. The summed E-state index contributed by atoms with van der Waals surface area (Å²) in [5.74, 6) is 0.304. The van der Waals surface area contributed by atoms with Crippen LogP contribution in [0.2, 0.25) is 0 Å². The molecule has 0 heterocycles. The summed E-state index contributed by atoms with van der Waals surface area (Å²) in [6.07, 6.45) is 0.724. The van der Waals surface area contributed by atoms with Crippen LogP contribution in [0.5, 0.6) is 5.75 Å². The highest BCUT2D eigenvalue weighted by molar-refractivity contribution is 6.08. The molecule has 5 heteroatoms. The molecule has 2 aromatic carbocycles. The number of hydrogen-bond donors (Lipinski definition) is 2. The van der Waals surface area contributed by atoms with E-state index in [2.05, 4.69) is 5.32 Å². The average Bonchev–Trinajstić information content (AvgIpc) is 2.60. The molecule has 0 radical (unpaired) electrons. The van der Waals surface area contributed by atoms with Crippen molar-refractivity contribution in [2.24, 2.45) is 5.73 Å². The standard InChI is InChI=1S/C19H22N2O3/c1-14(20)11-12-21-18(22)13-24-17-9-7-16(8-10-17)19(23)15-5-3-2-4-6-15/h2-10,14H,11-13,20H2,1H3,(H,21,22). The third-order valence-corrected chi connectivity index (χ3v) is 3.44. The van der Waals surface area contributed by atoms with Crippen molar-refractivity contribution in [1.82, 2.24) is 5.32 Å². The molecule has 3 N–H and O–H groups in total. The number of hydrogen-bond acceptors (Lipinski definition) is 4. The highest BCUT2D eigenvalue weighted by Crippen LogP contribution is 2.15. The number of nitrogens with one attached hydrogen (secondary N) is 1. The lowest BCUT2D eigenvalue weighted by Gasteiger charge is -2.09. The Morgan fingerprint density at radius 3 is 2.29 bits per heavy atom. The molecule has 0 aliphatic heterocycles. The number of amides is 1. The van der Waals surface area contributed by atoms with Crippen LogP contribution in [-0.4, -0.2) is 30.9 Å². The number of benzene rings is 2. The molecule has 1 unspecified atom stereocenters. The third-order valence-electron chi connectivity index (χ3n) is 3.44. The van der Waals surface area contributed by atoms with E-state index in [1.807, 2.05) is 25.1 Å². The summed E-state index contributed by atoms with van der Waals surface area (Å²) in [6.45, 7) is 2.36. The van der Waals surface area contributed by atoms with Crippen LogP contribution in [0.1, 0.15) is 29.3 Å². The molecule has 0 aliphatic carbocycles. The van der Waals surface area contributed by atoms with E-state index >= 15 is 0 Å². The second kappa shape index (κ2) is 8.84. The fraction of sp³-hybridized carbons (Fsp3) is 0.263. The maximum absolute atomic E-state index is 12.3. The van der Waals surface area contributed by atoms with Crippen molar-refractivity contribution >= 4 is 11.7 Å². The second-order valence-electron chi connectivity index (χ2n) is 5.62. The largest absolute Gasteiger partial charge is 0.484 e. The summed E-state index contributed by atoms with van der Waals surface area (Å²) >= 11 is 0. The van der Waals surface area contributed by atoms with Gasteiger partial charge in [-0.05, 0) is 37.6 Å². The monoisotopic (exact) mass is 326 g/mol. The summed E-state index contributed by atoms with van der Waals surface area (Å²) in [4.78, 5) is 23.9. The highest BCUT2D eigenvalue weighted by Gasteiger charge is 2.09. The van der Waals surface area contributed by atoms with Gasteiger partial charge in [-0.3, -0.25) is 9.59 Å². The SMILES string of the molecule is CC(N)CCNC(=O)COc1ccc(C(=O)c2ccccc2)cc1. The lowest BCUT2D eigenvalue weighted by molar-refractivity contribution is -0.123. The molecular weight excluding hydrogens is 304 g/mol. The molecule has 5 nitrogen and oxygen atoms in total. The quantitative estimate of drug-likeness (QED) is 0.728. The van der Waals surface area contributed by atoms with Crippen LogP contribution in [0.25, 0.3) is 0 Å². The molecule has 2 rings (SSSR count). The first-order valence-electron chi connectivity index (χ1n) is 7.91. The molecular formula is C19H22N2O3. The molecule has 0 spiro atoms. The van der Waals surface area contributed by atoms with Gasteiger partial charge in [-0.25, -0.2) is 0 Å². The Morgan fingerprint density at radius 2 is 1.67 bits per heavy atom. The van der Waals surface area contributed by atoms with E-state index in [-0.39, 0.29) is 24.3 Å². The van der Waals surface area contributed by atoms with E-state index in [4.69, 9.17) is 10.5 Å². The molecule has 24 heavy (non-hydrogen) atoms. The lowest BCUT2D eigenvalue weighted by Crippen LogP contribution is -2.32. The summed E-state index contributed by atoms with van der Waals surface area (Å²) in [5.41, 5.74) is 6.83. The van der Waals surface area contributed by atoms with Gasteiger partial charge in [0, 0.05) is 23.7 Å². The molecule has 1 amide bonds. The van der Waals surface area contributed by atoms with Crippen molar-refractivity contribution in [3.8, 4) is 5.75 Å². The molecule has 126 valence electrons. The zero-order valence-corrected chi connectivity index (χ0v) is 13.7. The second-order valence-corrected chi connectivity index (χ2v) is 5.62. The highest BCUT2D eigenvalue weighted by atomic mass is 16.5. The first-order valence-corrected chi connectivity index (χ1v) is 7.91. The van der Waals surface area contributed by atoms with Gasteiger partial charge in [0.05, 0.1) is 0 Å². The van der Waals surface area contributed by atoms with E-state index in [0.717, 1.165) is 6.42 Å². The summed E-state index contributed by atoms with van der Waals surface area (Å²) in [5, 5.41) is 2.74. The molecule has 2 aromatic rings. The smallest absolute Gasteiger partial charge is 0.257 e. The van der Waals surface area contributed by atoms with Gasteiger partial charge in [0.25, 0.3) is 5.91 Å². The molecule has 0 bridgehead atoms. The third kappa shape index (κ3) is 5.52. The Bertz CT molecular complexity index is 667. The van der Waals surface area contributed by atoms with Crippen molar-refractivity contribution < 1.29 is 14.3 Å². The van der Waals surface area contributed by atoms with Crippen LogP contribution in [0.3, 0.4) is 0 Å². The molecule has 0 saturated heterocycles. The van der Waals surface area contributed by atoms with E-state index in [1.165, 1.54) is 0 Å². The van der Waals surface area contributed by atoms with Crippen molar-refractivity contribution in [2.45, 2.75) is 19.4 Å². The molecule has 0 fully saturated rings.